The normalized spacial score (nSPS) is 32.7. The Balaban J connectivity index is 1.07. The van der Waals surface area contributed by atoms with Crippen molar-refractivity contribution in [2.45, 2.75) is 94.7 Å². The number of halogens is 1. The van der Waals surface area contributed by atoms with Crippen molar-refractivity contribution in [3.8, 4) is 11.8 Å². The molecule has 5 fully saturated rings. The van der Waals surface area contributed by atoms with Crippen LogP contribution < -0.4 is 19.9 Å². The summed E-state index contributed by atoms with van der Waals surface area (Å²) in [6.07, 6.45) is 7.73. The Morgan fingerprint density at radius 1 is 1.05 bits per heavy atom. The van der Waals surface area contributed by atoms with Crippen molar-refractivity contribution < 1.29 is 14.2 Å². The number of nitrogens with zero attached hydrogens (tertiary/aromatic N) is 5. The third-order valence-electron chi connectivity index (χ3n) is 11.8. The van der Waals surface area contributed by atoms with E-state index in [0.29, 0.717) is 56.2 Å². The monoisotopic (exact) mass is 598 g/mol. The summed E-state index contributed by atoms with van der Waals surface area (Å²) in [5.41, 5.74) is 4.21. The molecule has 4 saturated heterocycles. The first-order valence-electron chi connectivity index (χ1n) is 16.8. The third-order valence-corrected chi connectivity index (χ3v) is 11.8. The molecule has 2 bridgehead atoms. The van der Waals surface area contributed by atoms with E-state index in [2.05, 4.69) is 39.1 Å². The van der Waals surface area contributed by atoms with Gasteiger partial charge in [-0.25, -0.2) is 4.39 Å². The summed E-state index contributed by atoms with van der Waals surface area (Å²) in [5, 5.41) is 16.6. The van der Waals surface area contributed by atoms with Crippen molar-refractivity contribution in [3.05, 3.63) is 47.2 Å². The molecule has 232 valence electrons. The smallest absolute Gasteiger partial charge is 0.318 e. The minimum Gasteiger partial charge on any atom is -0.508 e. The van der Waals surface area contributed by atoms with Gasteiger partial charge in [-0.05, 0) is 68.4 Å². The Morgan fingerprint density at radius 2 is 1.91 bits per heavy atom. The number of anilines is 2. The summed E-state index contributed by atoms with van der Waals surface area (Å²) in [6, 6.07) is 11.9. The van der Waals surface area contributed by atoms with E-state index in [1.54, 1.807) is 0 Å². The van der Waals surface area contributed by atoms with Gasteiger partial charge in [-0.3, -0.25) is 4.90 Å². The first kappa shape index (κ1) is 27.2. The van der Waals surface area contributed by atoms with Crippen molar-refractivity contribution in [2.24, 2.45) is 5.92 Å². The predicted octanol–water partition coefficient (Wildman–Crippen LogP) is 4.88. The van der Waals surface area contributed by atoms with E-state index < -0.39 is 6.17 Å². The lowest BCUT2D eigenvalue weighted by atomic mass is 9.89. The minimum atomic E-state index is -0.786. The van der Waals surface area contributed by atoms with Crippen LogP contribution in [0.5, 0.6) is 11.8 Å². The molecule has 3 aromatic rings. The number of fused-ring (bicyclic) bond motifs is 7. The molecule has 9 rings (SSSR count). The summed E-state index contributed by atoms with van der Waals surface area (Å²) in [7, 11) is 0. The number of rotatable bonds is 5. The number of benzene rings is 2. The average molecular weight is 599 g/mol. The van der Waals surface area contributed by atoms with Gasteiger partial charge < -0.3 is 25.0 Å². The molecular weight excluding hydrogens is 555 g/mol. The van der Waals surface area contributed by atoms with Crippen LogP contribution in [0.2, 0.25) is 0 Å². The fraction of sp³-hybridized carbons (Fsp3) is 0.600. The van der Waals surface area contributed by atoms with E-state index in [-0.39, 0.29) is 11.3 Å². The molecule has 1 aromatic heterocycles. The number of ether oxygens (including phenoxy) is 1. The summed E-state index contributed by atoms with van der Waals surface area (Å²) in [5.74, 6) is 1.96. The second-order valence-corrected chi connectivity index (χ2v) is 14.5. The van der Waals surface area contributed by atoms with Crippen molar-refractivity contribution in [1.29, 1.82) is 0 Å². The largest absolute Gasteiger partial charge is 0.508 e. The lowest BCUT2D eigenvalue weighted by molar-refractivity contribution is 0.0829. The summed E-state index contributed by atoms with van der Waals surface area (Å²) in [4.78, 5) is 17.5. The molecule has 6 aliphatic rings. The van der Waals surface area contributed by atoms with E-state index in [4.69, 9.17) is 14.7 Å². The van der Waals surface area contributed by atoms with Crippen LogP contribution in [0.1, 0.15) is 61.8 Å². The van der Waals surface area contributed by atoms with Crippen LogP contribution in [0.15, 0.2) is 30.3 Å². The second-order valence-electron chi connectivity index (χ2n) is 14.5. The van der Waals surface area contributed by atoms with E-state index in [1.807, 2.05) is 18.2 Å². The number of phenolic OH excluding ortho intramolecular Hbond substituents is 1. The third kappa shape index (κ3) is 4.37. The molecule has 1 aliphatic carbocycles. The Morgan fingerprint density at radius 3 is 2.77 bits per heavy atom. The van der Waals surface area contributed by atoms with Crippen molar-refractivity contribution in [1.82, 2.24) is 20.2 Å². The van der Waals surface area contributed by atoms with Crippen LogP contribution in [-0.4, -0.2) is 82.6 Å². The molecule has 6 atom stereocenters. The van der Waals surface area contributed by atoms with Gasteiger partial charge >= 0.3 is 6.01 Å². The SMILES string of the molecule is Cc1cccc2cc(O)cc(N3CCc4c(nc(OC[C@@]56C[C@H](F)CN5[C@@H]5CCC[C@@H]5C6)nc4N4CC5CCC(C4)N5)C3)c12. The molecule has 2 aromatic carbocycles. The first-order valence-corrected chi connectivity index (χ1v) is 16.8. The number of hydrogen-bond acceptors (Lipinski definition) is 8. The topological polar surface area (TPSA) is 77.0 Å². The molecule has 2 unspecified atom stereocenters. The highest BCUT2D eigenvalue weighted by Gasteiger charge is 2.58. The number of aromatic hydroxyl groups is 1. The molecule has 6 heterocycles. The maximum absolute atomic E-state index is 14.9. The van der Waals surface area contributed by atoms with E-state index in [1.165, 1.54) is 48.6 Å². The summed E-state index contributed by atoms with van der Waals surface area (Å²) in [6.45, 7) is 6.47. The Bertz CT molecular complexity index is 1610. The van der Waals surface area contributed by atoms with Crippen molar-refractivity contribution in [3.63, 3.8) is 0 Å². The number of phenols is 1. The molecule has 0 radical (unpaired) electrons. The van der Waals surface area contributed by atoms with E-state index >= 15 is 0 Å². The zero-order valence-corrected chi connectivity index (χ0v) is 25.6. The molecule has 8 nitrogen and oxygen atoms in total. The number of piperazine rings is 1. The Hall–Kier alpha value is -3.17. The maximum atomic E-state index is 14.9. The number of alkyl halides is 1. The molecule has 9 heteroatoms. The van der Waals surface area contributed by atoms with Gasteiger partial charge in [0.25, 0.3) is 0 Å². The van der Waals surface area contributed by atoms with Gasteiger partial charge in [0.15, 0.2) is 0 Å². The fourth-order valence-electron chi connectivity index (χ4n) is 9.96. The van der Waals surface area contributed by atoms with Crippen molar-refractivity contribution in [2.75, 3.05) is 42.6 Å². The van der Waals surface area contributed by atoms with Crippen LogP contribution in [0.3, 0.4) is 0 Å². The molecule has 1 saturated carbocycles. The van der Waals surface area contributed by atoms with Crippen LogP contribution in [-0.2, 0) is 13.0 Å². The standard InChI is InChI=1S/C35H43FN6O2/c1-21-4-2-5-22-12-27(43)13-31(32(21)22)40-11-10-28-29(19-40)38-34(39-33(28)41-17-25-8-9-26(18-41)37-25)44-20-35-14-23-6-3-7-30(23)42(35)16-24(36)15-35/h2,4-5,12-13,23-26,30,37,43H,3,6-11,14-20H2,1H3/t23-,24+,25?,26?,30-,35-/m1/s1. The Kier molecular flexibility index (Phi) is 6.28. The Labute approximate surface area is 258 Å². The number of nitrogens with one attached hydrogen (secondary N) is 1. The highest BCUT2D eigenvalue weighted by molar-refractivity contribution is 5.98. The molecule has 5 aliphatic heterocycles. The van der Waals surface area contributed by atoms with Gasteiger partial charge in [0.2, 0.25) is 0 Å². The molecule has 0 amide bonds. The van der Waals surface area contributed by atoms with Gasteiger partial charge in [-0.1, -0.05) is 24.6 Å². The van der Waals surface area contributed by atoms with Crippen LogP contribution >= 0.6 is 0 Å². The van der Waals surface area contributed by atoms with Gasteiger partial charge in [0.05, 0.1) is 17.8 Å². The highest BCUT2D eigenvalue weighted by atomic mass is 19.1. The maximum Gasteiger partial charge on any atom is 0.318 e. The number of aromatic nitrogens is 2. The lowest BCUT2D eigenvalue weighted by Crippen LogP contribution is -2.52. The highest BCUT2D eigenvalue weighted by Crippen LogP contribution is 2.52. The molecule has 0 spiro atoms. The lowest BCUT2D eigenvalue weighted by Gasteiger charge is -2.38. The minimum absolute atomic E-state index is 0.243. The fourth-order valence-corrected chi connectivity index (χ4v) is 9.96. The van der Waals surface area contributed by atoms with Gasteiger partial charge in [0.1, 0.15) is 24.3 Å². The first-order chi connectivity index (χ1) is 21.4. The van der Waals surface area contributed by atoms with Crippen molar-refractivity contribution >= 4 is 22.3 Å². The quantitative estimate of drug-likeness (QED) is 0.431. The predicted molar refractivity (Wildman–Crippen MR) is 169 cm³/mol. The molecular formula is C35H43FN6O2. The van der Waals surface area contributed by atoms with Gasteiger partial charge in [-0.2, -0.15) is 9.97 Å². The summed E-state index contributed by atoms with van der Waals surface area (Å²) >= 11 is 0. The second kappa shape index (κ2) is 10.2. The van der Waals surface area contributed by atoms with Gasteiger partial charge in [0, 0.05) is 73.4 Å². The summed E-state index contributed by atoms with van der Waals surface area (Å²) < 4.78 is 21.5. The van der Waals surface area contributed by atoms with E-state index in [0.717, 1.165) is 55.1 Å². The average Bonchev–Trinajstić information content (AvgIpc) is 3.75. The number of aryl methyl sites for hydroxylation is 1. The molecule has 2 N–H and O–H groups in total. The molecule has 44 heavy (non-hydrogen) atoms. The van der Waals surface area contributed by atoms with Crippen LogP contribution in [0.4, 0.5) is 15.9 Å². The zero-order chi connectivity index (χ0) is 29.6. The van der Waals surface area contributed by atoms with Crippen LogP contribution in [0, 0.1) is 12.8 Å². The van der Waals surface area contributed by atoms with Crippen LogP contribution in [0.25, 0.3) is 10.8 Å². The van der Waals surface area contributed by atoms with Gasteiger partial charge in [-0.15, -0.1) is 0 Å². The zero-order valence-electron chi connectivity index (χ0n) is 25.6. The number of hydrogen-bond donors (Lipinski definition) is 2. The van der Waals surface area contributed by atoms with E-state index in [9.17, 15) is 9.50 Å².